The lowest BCUT2D eigenvalue weighted by Gasteiger charge is -1.82. The quantitative estimate of drug-likeness (QED) is 0.601. The summed E-state index contributed by atoms with van der Waals surface area (Å²) in [5.74, 6) is 0. The van der Waals surface area contributed by atoms with Crippen LogP contribution in [-0.2, 0) is 4.79 Å². The molecule has 3 N–H and O–H groups in total. The summed E-state index contributed by atoms with van der Waals surface area (Å²) < 4.78 is 0. The summed E-state index contributed by atoms with van der Waals surface area (Å²) in [5.41, 5.74) is 6.17. The van der Waals surface area contributed by atoms with Crippen molar-refractivity contribution in [1.29, 1.82) is 0 Å². The van der Waals surface area contributed by atoms with Gasteiger partial charge in [0.1, 0.15) is 0 Å². The Balaban J connectivity index is 0. The van der Waals surface area contributed by atoms with Crippen LogP contribution in [0.25, 0.3) is 0 Å². The number of aryl methyl sites for hydroxylation is 1. The number of nitrogens with two attached hydrogens (primary N) is 1. The highest BCUT2D eigenvalue weighted by molar-refractivity contribution is 5.32. The first kappa shape index (κ1) is 14.2. The Kier molecular flexibility index (Phi) is 14.5. The van der Waals surface area contributed by atoms with E-state index in [4.69, 9.17) is 15.6 Å². The topological polar surface area (TPSA) is 63.3 Å². The van der Waals surface area contributed by atoms with E-state index in [9.17, 15) is 0 Å². The molecule has 1 rings (SSSR count). The molecule has 0 heterocycles. The maximum atomic E-state index is 8.36. The van der Waals surface area contributed by atoms with Crippen molar-refractivity contribution in [1.82, 2.24) is 0 Å². The highest BCUT2D eigenvalue weighted by atomic mass is 16.3. The SMILES string of the molecule is CCN.Cc1ccccc1.O=CO. The van der Waals surface area contributed by atoms with Crippen LogP contribution in [0.15, 0.2) is 30.3 Å². The van der Waals surface area contributed by atoms with Gasteiger partial charge in [0.15, 0.2) is 0 Å². The van der Waals surface area contributed by atoms with E-state index in [1.165, 1.54) is 5.56 Å². The summed E-state index contributed by atoms with van der Waals surface area (Å²) in [6.07, 6.45) is 0. The highest BCUT2D eigenvalue weighted by Crippen LogP contribution is 1.92. The molecule has 3 nitrogen and oxygen atoms in total. The van der Waals surface area contributed by atoms with Gasteiger partial charge in [0.25, 0.3) is 6.47 Å². The van der Waals surface area contributed by atoms with Gasteiger partial charge in [-0.05, 0) is 13.5 Å². The van der Waals surface area contributed by atoms with Crippen LogP contribution in [0.4, 0.5) is 0 Å². The molecule has 0 aliphatic rings. The van der Waals surface area contributed by atoms with Gasteiger partial charge in [0.05, 0.1) is 0 Å². The van der Waals surface area contributed by atoms with Crippen molar-refractivity contribution in [2.45, 2.75) is 13.8 Å². The molecule has 3 heteroatoms. The van der Waals surface area contributed by atoms with E-state index < -0.39 is 0 Å². The van der Waals surface area contributed by atoms with Crippen molar-refractivity contribution < 1.29 is 9.90 Å². The van der Waals surface area contributed by atoms with Gasteiger partial charge in [-0.25, -0.2) is 0 Å². The third-order valence-electron chi connectivity index (χ3n) is 0.940. The Morgan fingerprint density at radius 3 is 1.85 bits per heavy atom. The average molecular weight is 183 g/mol. The maximum absolute atomic E-state index is 8.36. The molecule has 0 unspecified atom stereocenters. The standard InChI is InChI=1S/C7H8.C2H7N.CH2O2/c1-7-5-3-2-4-6-7;1-2-3;2-1-3/h2-6H,1H3;2-3H2,1H3;1H,(H,2,3). The fourth-order valence-corrected chi connectivity index (χ4v) is 0.534. The molecule has 0 bridgehead atoms. The normalized spacial score (nSPS) is 7.00. The highest BCUT2D eigenvalue weighted by Gasteiger charge is 1.72. The van der Waals surface area contributed by atoms with Crippen molar-refractivity contribution >= 4 is 6.47 Å². The first-order valence-corrected chi connectivity index (χ1v) is 4.02. The second kappa shape index (κ2) is 13.3. The molecule has 0 spiro atoms. The van der Waals surface area contributed by atoms with Gasteiger partial charge in [-0.3, -0.25) is 4.79 Å². The lowest BCUT2D eigenvalue weighted by molar-refractivity contribution is -0.122. The molecule has 13 heavy (non-hydrogen) atoms. The summed E-state index contributed by atoms with van der Waals surface area (Å²) in [6, 6.07) is 10.3. The third kappa shape index (κ3) is 18.0. The summed E-state index contributed by atoms with van der Waals surface area (Å²) >= 11 is 0. The minimum Gasteiger partial charge on any atom is -0.483 e. The third-order valence-corrected chi connectivity index (χ3v) is 0.940. The van der Waals surface area contributed by atoms with Crippen LogP contribution in [0.1, 0.15) is 12.5 Å². The Hall–Kier alpha value is -1.35. The Morgan fingerprint density at radius 2 is 1.69 bits per heavy atom. The van der Waals surface area contributed by atoms with Gasteiger partial charge in [-0.1, -0.05) is 42.8 Å². The van der Waals surface area contributed by atoms with E-state index in [1.54, 1.807) is 0 Å². The Morgan fingerprint density at radius 1 is 1.38 bits per heavy atom. The van der Waals surface area contributed by atoms with Crippen molar-refractivity contribution in [3.05, 3.63) is 35.9 Å². The molecule has 0 atom stereocenters. The van der Waals surface area contributed by atoms with Crippen LogP contribution >= 0.6 is 0 Å². The second-order valence-corrected chi connectivity index (χ2v) is 2.17. The molecular weight excluding hydrogens is 166 g/mol. The summed E-state index contributed by atoms with van der Waals surface area (Å²) in [5, 5.41) is 6.89. The minimum absolute atomic E-state index is 0.250. The van der Waals surface area contributed by atoms with Gasteiger partial charge >= 0.3 is 0 Å². The molecule has 0 aromatic heterocycles. The zero-order valence-corrected chi connectivity index (χ0v) is 8.10. The van der Waals surface area contributed by atoms with Crippen LogP contribution in [-0.4, -0.2) is 18.1 Å². The fourth-order valence-electron chi connectivity index (χ4n) is 0.534. The maximum Gasteiger partial charge on any atom is 0.290 e. The summed E-state index contributed by atoms with van der Waals surface area (Å²) in [7, 11) is 0. The molecule has 0 aliphatic carbocycles. The minimum atomic E-state index is -0.250. The van der Waals surface area contributed by atoms with Crippen LogP contribution in [0.3, 0.4) is 0 Å². The molecule has 1 aromatic carbocycles. The number of benzene rings is 1. The van der Waals surface area contributed by atoms with Crippen LogP contribution in [0.5, 0.6) is 0 Å². The van der Waals surface area contributed by atoms with Gasteiger partial charge in [0, 0.05) is 0 Å². The number of hydrogen-bond donors (Lipinski definition) is 2. The largest absolute Gasteiger partial charge is 0.483 e. The zero-order chi connectivity index (χ0) is 10.5. The summed E-state index contributed by atoms with van der Waals surface area (Å²) in [4.78, 5) is 8.36. The van der Waals surface area contributed by atoms with E-state index in [0.717, 1.165) is 6.54 Å². The van der Waals surface area contributed by atoms with Gasteiger partial charge < -0.3 is 10.8 Å². The van der Waals surface area contributed by atoms with Gasteiger partial charge in [-0.2, -0.15) is 0 Å². The number of rotatable bonds is 0. The molecule has 0 saturated carbocycles. The predicted molar refractivity (Wildman–Crippen MR) is 54.6 cm³/mol. The molecule has 0 fully saturated rings. The summed E-state index contributed by atoms with van der Waals surface area (Å²) in [6.45, 7) is 4.49. The van der Waals surface area contributed by atoms with Crippen LogP contribution < -0.4 is 5.73 Å². The monoisotopic (exact) mass is 183 g/mol. The van der Waals surface area contributed by atoms with Crippen molar-refractivity contribution in [3.63, 3.8) is 0 Å². The van der Waals surface area contributed by atoms with E-state index in [-0.39, 0.29) is 6.47 Å². The number of hydrogen-bond acceptors (Lipinski definition) is 2. The van der Waals surface area contributed by atoms with Crippen LogP contribution in [0.2, 0.25) is 0 Å². The lowest BCUT2D eigenvalue weighted by atomic mass is 10.2. The second-order valence-electron chi connectivity index (χ2n) is 2.17. The van der Waals surface area contributed by atoms with Crippen LogP contribution in [0, 0.1) is 6.92 Å². The average Bonchev–Trinajstić information content (AvgIpc) is 2.08. The molecule has 1 aromatic rings. The van der Waals surface area contributed by atoms with Crippen molar-refractivity contribution in [2.75, 3.05) is 6.54 Å². The molecule has 74 valence electrons. The van der Waals surface area contributed by atoms with Gasteiger partial charge in [-0.15, -0.1) is 0 Å². The van der Waals surface area contributed by atoms with E-state index >= 15 is 0 Å². The Labute approximate surface area is 79.2 Å². The number of carbonyl (C=O) groups is 1. The lowest BCUT2D eigenvalue weighted by Crippen LogP contribution is -1.87. The molecule has 0 aliphatic heterocycles. The van der Waals surface area contributed by atoms with E-state index in [1.807, 2.05) is 25.1 Å². The first-order valence-electron chi connectivity index (χ1n) is 4.02. The smallest absolute Gasteiger partial charge is 0.290 e. The van der Waals surface area contributed by atoms with Crippen molar-refractivity contribution in [2.24, 2.45) is 5.73 Å². The molecule has 0 saturated heterocycles. The molecular formula is C10H17NO2. The molecule has 0 amide bonds. The fraction of sp³-hybridized carbons (Fsp3) is 0.300. The first-order chi connectivity index (χ1) is 6.22. The zero-order valence-electron chi connectivity index (χ0n) is 8.10. The van der Waals surface area contributed by atoms with E-state index in [2.05, 4.69) is 19.1 Å². The van der Waals surface area contributed by atoms with Crippen molar-refractivity contribution in [3.8, 4) is 0 Å². The Bertz CT molecular complexity index is 187. The predicted octanol–water partition coefficient (Wildman–Crippen LogP) is 1.66. The number of carboxylic acid groups (broad SMARTS) is 1. The molecule has 0 radical (unpaired) electrons. The van der Waals surface area contributed by atoms with E-state index in [0.29, 0.717) is 0 Å². The van der Waals surface area contributed by atoms with Gasteiger partial charge in [0.2, 0.25) is 0 Å².